The molecule has 38 heavy (non-hydrogen) atoms. The predicted molar refractivity (Wildman–Crippen MR) is 135 cm³/mol. The van der Waals surface area contributed by atoms with Crippen LogP contribution >= 0.6 is 0 Å². The van der Waals surface area contributed by atoms with E-state index in [-0.39, 0.29) is 31.1 Å². The zero-order valence-electron chi connectivity index (χ0n) is 21.1. The van der Waals surface area contributed by atoms with Gasteiger partial charge in [0.1, 0.15) is 5.75 Å². The fraction of sp³-hybridized carbons (Fsp3) is 0.310. The maximum absolute atomic E-state index is 13.5. The van der Waals surface area contributed by atoms with Crippen molar-refractivity contribution in [2.45, 2.75) is 32.0 Å². The van der Waals surface area contributed by atoms with Crippen LogP contribution in [-0.2, 0) is 46.3 Å². The van der Waals surface area contributed by atoms with E-state index in [0.717, 1.165) is 25.0 Å². The van der Waals surface area contributed by atoms with Gasteiger partial charge in [0, 0.05) is 18.0 Å². The molecule has 0 saturated carbocycles. The fourth-order valence-electron chi connectivity index (χ4n) is 4.67. The SMILES string of the molecule is COC(=O)Cc1ccc(OC)c(-c2ccc(C(F)(F)F)cc2CNC(=O)OCC2Cc3ccccc3C2)c1. The number of benzene rings is 3. The molecule has 3 aromatic carbocycles. The van der Waals surface area contributed by atoms with E-state index in [1.54, 1.807) is 18.2 Å². The predicted octanol–water partition coefficient (Wildman–Crippen LogP) is 5.74. The van der Waals surface area contributed by atoms with Crippen LogP contribution in [0.3, 0.4) is 0 Å². The molecule has 4 rings (SSSR count). The van der Waals surface area contributed by atoms with E-state index < -0.39 is 23.8 Å². The summed E-state index contributed by atoms with van der Waals surface area (Å²) in [6, 6.07) is 16.3. The molecule has 200 valence electrons. The lowest BCUT2D eigenvalue weighted by Crippen LogP contribution is -2.26. The van der Waals surface area contributed by atoms with Crippen LogP contribution in [0.4, 0.5) is 18.0 Å². The summed E-state index contributed by atoms with van der Waals surface area (Å²) in [5.74, 6) is 0.107. The van der Waals surface area contributed by atoms with E-state index in [1.807, 2.05) is 12.1 Å². The zero-order valence-corrected chi connectivity index (χ0v) is 21.1. The summed E-state index contributed by atoms with van der Waals surface area (Å²) < 4.78 is 56.1. The fourth-order valence-corrected chi connectivity index (χ4v) is 4.67. The Balaban J connectivity index is 1.52. The number of ether oxygens (including phenoxy) is 3. The third kappa shape index (κ3) is 6.45. The Bertz CT molecular complexity index is 1300. The molecular formula is C29H28F3NO5. The minimum Gasteiger partial charge on any atom is -0.496 e. The Labute approximate surface area is 218 Å². The van der Waals surface area contributed by atoms with Crippen molar-refractivity contribution >= 4 is 12.1 Å². The van der Waals surface area contributed by atoms with Gasteiger partial charge in [0.15, 0.2) is 0 Å². The number of alkyl halides is 3. The van der Waals surface area contributed by atoms with Crippen molar-refractivity contribution in [2.75, 3.05) is 20.8 Å². The lowest BCUT2D eigenvalue weighted by atomic mass is 9.94. The van der Waals surface area contributed by atoms with Crippen LogP contribution in [0.25, 0.3) is 11.1 Å². The van der Waals surface area contributed by atoms with Crippen molar-refractivity contribution in [1.29, 1.82) is 0 Å². The zero-order chi connectivity index (χ0) is 27.3. The van der Waals surface area contributed by atoms with Crippen molar-refractivity contribution in [3.63, 3.8) is 0 Å². The molecule has 1 aliphatic carbocycles. The molecule has 0 radical (unpaired) electrons. The second-order valence-electron chi connectivity index (χ2n) is 9.15. The first-order chi connectivity index (χ1) is 18.2. The van der Waals surface area contributed by atoms with Gasteiger partial charge >= 0.3 is 18.2 Å². The van der Waals surface area contributed by atoms with Crippen LogP contribution in [0.2, 0.25) is 0 Å². The molecule has 0 spiro atoms. The lowest BCUT2D eigenvalue weighted by Gasteiger charge is -2.18. The molecule has 1 N–H and O–H groups in total. The first-order valence-electron chi connectivity index (χ1n) is 12.1. The van der Waals surface area contributed by atoms with Gasteiger partial charge in [-0.1, -0.05) is 36.4 Å². The van der Waals surface area contributed by atoms with Crippen LogP contribution in [0, 0.1) is 5.92 Å². The van der Waals surface area contributed by atoms with Crippen LogP contribution < -0.4 is 10.1 Å². The highest BCUT2D eigenvalue weighted by Crippen LogP contribution is 2.37. The van der Waals surface area contributed by atoms with Crippen molar-refractivity contribution in [1.82, 2.24) is 5.32 Å². The van der Waals surface area contributed by atoms with Crippen LogP contribution in [0.5, 0.6) is 5.75 Å². The number of carbonyl (C=O) groups excluding carboxylic acids is 2. The van der Waals surface area contributed by atoms with Gasteiger partial charge in [-0.2, -0.15) is 13.2 Å². The molecule has 0 bridgehead atoms. The van der Waals surface area contributed by atoms with Gasteiger partial charge in [-0.25, -0.2) is 4.79 Å². The van der Waals surface area contributed by atoms with Crippen molar-refractivity contribution in [3.8, 4) is 16.9 Å². The standard InChI is InChI=1S/C29H28F3NO5/c1-36-26-10-7-18(14-27(34)37-2)13-25(26)24-9-8-23(29(30,31)32)15-22(24)16-33-28(35)38-17-19-11-20-5-3-4-6-21(20)12-19/h3-10,13,15,19H,11-12,14,16-17H2,1-2H3,(H,33,35). The number of amides is 1. The first-order valence-corrected chi connectivity index (χ1v) is 12.1. The van der Waals surface area contributed by atoms with Gasteiger partial charge in [0.05, 0.1) is 32.8 Å². The molecule has 0 aromatic heterocycles. The molecule has 0 unspecified atom stereocenters. The quantitative estimate of drug-likeness (QED) is 0.379. The van der Waals surface area contributed by atoms with E-state index in [9.17, 15) is 22.8 Å². The summed E-state index contributed by atoms with van der Waals surface area (Å²) in [7, 11) is 2.72. The molecule has 1 aliphatic rings. The van der Waals surface area contributed by atoms with Gasteiger partial charge in [-0.15, -0.1) is 0 Å². The second-order valence-corrected chi connectivity index (χ2v) is 9.15. The highest BCUT2D eigenvalue weighted by molar-refractivity contribution is 5.78. The number of fused-ring (bicyclic) bond motifs is 1. The van der Waals surface area contributed by atoms with E-state index >= 15 is 0 Å². The highest BCUT2D eigenvalue weighted by atomic mass is 19.4. The third-order valence-electron chi connectivity index (χ3n) is 6.57. The number of hydrogen-bond donors (Lipinski definition) is 1. The summed E-state index contributed by atoms with van der Waals surface area (Å²) >= 11 is 0. The summed E-state index contributed by atoms with van der Waals surface area (Å²) in [4.78, 5) is 24.2. The van der Waals surface area contributed by atoms with Crippen LogP contribution in [-0.4, -0.2) is 32.9 Å². The number of methoxy groups -OCH3 is 2. The average molecular weight is 528 g/mol. The first kappa shape index (κ1) is 27.0. The Morgan fingerprint density at radius 3 is 2.29 bits per heavy atom. The number of hydrogen-bond acceptors (Lipinski definition) is 5. The van der Waals surface area contributed by atoms with Gasteiger partial charge < -0.3 is 19.5 Å². The summed E-state index contributed by atoms with van der Waals surface area (Å²) in [6.07, 6.45) is -3.68. The molecule has 0 fully saturated rings. The number of alkyl carbamates (subject to hydrolysis) is 1. The van der Waals surface area contributed by atoms with Gasteiger partial charge in [-0.05, 0) is 64.9 Å². The molecule has 0 heterocycles. The molecule has 3 aromatic rings. The number of nitrogens with one attached hydrogen (secondary N) is 1. The molecule has 0 atom stereocenters. The minimum atomic E-state index is -4.57. The molecule has 6 nitrogen and oxygen atoms in total. The summed E-state index contributed by atoms with van der Waals surface area (Å²) in [6.45, 7) is 0.00667. The Morgan fingerprint density at radius 1 is 0.947 bits per heavy atom. The second kappa shape index (κ2) is 11.6. The average Bonchev–Trinajstić information content (AvgIpc) is 3.33. The summed E-state index contributed by atoms with van der Waals surface area (Å²) in [5, 5.41) is 2.58. The van der Waals surface area contributed by atoms with Crippen LogP contribution in [0.1, 0.15) is 27.8 Å². The Hall–Kier alpha value is -4.01. The van der Waals surface area contributed by atoms with Gasteiger partial charge in [0.2, 0.25) is 0 Å². The lowest BCUT2D eigenvalue weighted by molar-refractivity contribution is -0.140. The Morgan fingerprint density at radius 2 is 1.66 bits per heavy atom. The number of carbonyl (C=O) groups is 2. The third-order valence-corrected chi connectivity index (χ3v) is 6.57. The Kier molecular flexibility index (Phi) is 8.24. The van der Waals surface area contributed by atoms with E-state index in [2.05, 4.69) is 17.4 Å². The van der Waals surface area contributed by atoms with E-state index in [4.69, 9.17) is 14.2 Å². The van der Waals surface area contributed by atoms with Gasteiger partial charge in [0.25, 0.3) is 0 Å². The number of esters is 1. The minimum absolute atomic E-state index is 0.0148. The van der Waals surface area contributed by atoms with Crippen LogP contribution in [0.15, 0.2) is 60.7 Å². The molecule has 1 amide bonds. The monoisotopic (exact) mass is 527 g/mol. The molecule has 9 heteroatoms. The maximum Gasteiger partial charge on any atom is 0.416 e. The van der Waals surface area contributed by atoms with Gasteiger partial charge in [-0.3, -0.25) is 4.79 Å². The molecule has 0 aliphatic heterocycles. The van der Waals surface area contributed by atoms with Crippen molar-refractivity contribution in [2.24, 2.45) is 5.92 Å². The van der Waals surface area contributed by atoms with Crippen molar-refractivity contribution < 1.29 is 37.0 Å². The number of halogens is 3. The van der Waals surface area contributed by atoms with Crippen molar-refractivity contribution in [3.05, 3.63) is 88.5 Å². The maximum atomic E-state index is 13.5. The molecule has 0 saturated heterocycles. The topological polar surface area (TPSA) is 73.9 Å². The largest absolute Gasteiger partial charge is 0.496 e. The highest BCUT2D eigenvalue weighted by Gasteiger charge is 2.31. The number of rotatable bonds is 8. The molecular weight excluding hydrogens is 499 g/mol. The smallest absolute Gasteiger partial charge is 0.416 e. The van der Waals surface area contributed by atoms with E-state index in [0.29, 0.717) is 22.4 Å². The van der Waals surface area contributed by atoms with E-state index in [1.165, 1.54) is 31.4 Å². The normalized spacial score (nSPS) is 13.1. The summed E-state index contributed by atoms with van der Waals surface area (Å²) in [5.41, 5.74) is 3.35.